The summed E-state index contributed by atoms with van der Waals surface area (Å²) < 4.78 is 0. The summed E-state index contributed by atoms with van der Waals surface area (Å²) in [6, 6.07) is 9.16. The number of benzene rings is 1. The number of likely N-dealkylation sites (N-methyl/N-ethyl adjacent to an activating group) is 1. The molecule has 106 valence electrons. The van der Waals surface area contributed by atoms with Gasteiger partial charge in [0.15, 0.2) is 0 Å². The molecule has 1 atom stereocenters. The van der Waals surface area contributed by atoms with Gasteiger partial charge in [-0.05, 0) is 43.7 Å². The first-order chi connectivity index (χ1) is 9.31. The van der Waals surface area contributed by atoms with Gasteiger partial charge in [-0.2, -0.15) is 0 Å². The largest absolute Gasteiger partial charge is 0.316 e. The highest BCUT2D eigenvalue weighted by Gasteiger charge is 2.23. The minimum atomic E-state index is 0.706. The van der Waals surface area contributed by atoms with Crippen LogP contribution in [-0.2, 0) is 0 Å². The van der Waals surface area contributed by atoms with E-state index in [2.05, 4.69) is 43.4 Å². The molecule has 0 heterocycles. The molecule has 0 saturated heterocycles. The molecule has 0 bridgehead atoms. The molecule has 0 amide bonds. The standard InChI is InChI=1S/C18H29N/c1-3-19-14-18(16-10-6-4-5-7-11-16)17-12-8-9-15(2)13-17/h8-9,12-13,16,18-19H,3-7,10-11,14H2,1-2H3. The molecule has 1 fully saturated rings. The second-order valence-corrected chi connectivity index (χ2v) is 6.08. The second-order valence-electron chi connectivity index (χ2n) is 6.08. The van der Waals surface area contributed by atoms with Gasteiger partial charge in [-0.3, -0.25) is 0 Å². The van der Waals surface area contributed by atoms with E-state index in [1.54, 1.807) is 5.56 Å². The van der Waals surface area contributed by atoms with Crippen molar-refractivity contribution in [2.45, 2.75) is 58.3 Å². The molecule has 0 spiro atoms. The smallest absolute Gasteiger partial charge is 0.00227 e. The first-order valence-electron chi connectivity index (χ1n) is 8.08. The zero-order valence-corrected chi connectivity index (χ0v) is 12.6. The molecular weight excluding hydrogens is 230 g/mol. The monoisotopic (exact) mass is 259 g/mol. The molecule has 1 heteroatoms. The van der Waals surface area contributed by atoms with E-state index in [9.17, 15) is 0 Å². The van der Waals surface area contributed by atoms with E-state index in [1.807, 2.05) is 0 Å². The molecule has 1 aromatic carbocycles. The SMILES string of the molecule is CCNCC(c1cccc(C)c1)C1CCCCCC1. The van der Waals surface area contributed by atoms with Crippen LogP contribution in [-0.4, -0.2) is 13.1 Å². The van der Waals surface area contributed by atoms with Crippen LogP contribution in [0.2, 0.25) is 0 Å². The Kier molecular flexibility index (Phi) is 5.91. The van der Waals surface area contributed by atoms with Crippen LogP contribution in [0, 0.1) is 12.8 Å². The lowest BCUT2D eigenvalue weighted by atomic mass is 9.81. The molecule has 1 unspecified atom stereocenters. The van der Waals surface area contributed by atoms with Crippen molar-refractivity contribution >= 4 is 0 Å². The Labute approximate surface area is 118 Å². The van der Waals surface area contributed by atoms with Gasteiger partial charge in [-0.1, -0.05) is 62.4 Å². The Balaban J connectivity index is 2.13. The van der Waals surface area contributed by atoms with Crippen molar-refractivity contribution in [2.75, 3.05) is 13.1 Å². The first kappa shape index (κ1) is 14.6. The van der Waals surface area contributed by atoms with Crippen LogP contribution < -0.4 is 5.32 Å². The lowest BCUT2D eigenvalue weighted by molar-refractivity contribution is 0.363. The van der Waals surface area contributed by atoms with Crippen molar-refractivity contribution in [3.05, 3.63) is 35.4 Å². The van der Waals surface area contributed by atoms with Gasteiger partial charge in [0.1, 0.15) is 0 Å². The molecule has 0 aromatic heterocycles. The van der Waals surface area contributed by atoms with Crippen LogP contribution >= 0.6 is 0 Å². The maximum atomic E-state index is 3.58. The summed E-state index contributed by atoms with van der Waals surface area (Å²) in [6.45, 7) is 6.64. The van der Waals surface area contributed by atoms with Crippen molar-refractivity contribution in [1.82, 2.24) is 5.32 Å². The van der Waals surface area contributed by atoms with Crippen LogP contribution in [0.15, 0.2) is 24.3 Å². The summed E-state index contributed by atoms with van der Waals surface area (Å²) in [5.74, 6) is 1.58. The van der Waals surface area contributed by atoms with E-state index in [0.717, 1.165) is 19.0 Å². The topological polar surface area (TPSA) is 12.0 Å². The molecule has 1 nitrogen and oxygen atoms in total. The number of aryl methyl sites for hydroxylation is 1. The predicted octanol–water partition coefficient (Wildman–Crippen LogP) is 4.66. The maximum Gasteiger partial charge on any atom is 0.00227 e. The van der Waals surface area contributed by atoms with Crippen molar-refractivity contribution < 1.29 is 0 Å². The van der Waals surface area contributed by atoms with Gasteiger partial charge in [0, 0.05) is 6.54 Å². The summed E-state index contributed by atoms with van der Waals surface area (Å²) in [4.78, 5) is 0. The molecule has 1 aliphatic rings. The zero-order chi connectivity index (χ0) is 13.5. The van der Waals surface area contributed by atoms with Gasteiger partial charge in [0.05, 0.1) is 0 Å². The van der Waals surface area contributed by atoms with Gasteiger partial charge < -0.3 is 5.32 Å². The summed E-state index contributed by atoms with van der Waals surface area (Å²) >= 11 is 0. The highest BCUT2D eigenvalue weighted by Crippen LogP contribution is 2.35. The van der Waals surface area contributed by atoms with Gasteiger partial charge in [-0.25, -0.2) is 0 Å². The quantitative estimate of drug-likeness (QED) is 0.758. The highest BCUT2D eigenvalue weighted by molar-refractivity contribution is 5.26. The normalized spacial score (nSPS) is 19.1. The van der Waals surface area contributed by atoms with Gasteiger partial charge in [-0.15, -0.1) is 0 Å². The van der Waals surface area contributed by atoms with Gasteiger partial charge in [0.2, 0.25) is 0 Å². The summed E-state index contributed by atoms with van der Waals surface area (Å²) in [6.07, 6.45) is 8.59. The average Bonchev–Trinajstić information content (AvgIpc) is 2.68. The fraction of sp³-hybridized carbons (Fsp3) is 0.667. The lowest BCUT2D eigenvalue weighted by Gasteiger charge is -2.27. The number of hydrogen-bond donors (Lipinski definition) is 1. The van der Waals surface area contributed by atoms with Crippen LogP contribution in [0.3, 0.4) is 0 Å². The van der Waals surface area contributed by atoms with Crippen LogP contribution in [0.1, 0.15) is 62.5 Å². The Morgan fingerprint density at radius 3 is 2.53 bits per heavy atom. The fourth-order valence-corrected chi connectivity index (χ4v) is 3.47. The molecule has 1 aromatic rings. The summed E-state index contributed by atoms with van der Waals surface area (Å²) in [5, 5.41) is 3.58. The van der Waals surface area contributed by atoms with Crippen molar-refractivity contribution in [2.24, 2.45) is 5.92 Å². The van der Waals surface area contributed by atoms with E-state index in [0.29, 0.717) is 5.92 Å². The minimum Gasteiger partial charge on any atom is -0.316 e. The third-order valence-corrected chi connectivity index (χ3v) is 4.55. The molecule has 2 rings (SSSR count). The average molecular weight is 259 g/mol. The third kappa shape index (κ3) is 4.35. The fourth-order valence-electron chi connectivity index (χ4n) is 3.47. The van der Waals surface area contributed by atoms with Crippen molar-refractivity contribution in [3.8, 4) is 0 Å². The number of rotatable bonds is 5. The van der Waals surface area contributed by atoms with E-state index in [1.165, 1.54) is 44.1 Å². The number of nitrogens with one attached hydrogen (secondary N) is 1. The molecule has 1 aliphatic carbocycles. The maximum absolute atomic E-state index is 3.58. The van der Waals surface area contributed by atoms with E-state index in [4.69, 9.17) is 0 Å². The van der Waals surface area contributed by atoms with Gasteiger partial charge in [0.25, 0.3) is 0 Å². The van der Waals surface area contributed by atoms with Crippen LogP contribution in [0.25, 0.3) is 0 Å². The second kappa shape index (κ2) is 7.69. The van der Waals surface area contributed by atoms with Gasteiger partial charge >= 0.3 is 0 Å². The van der Waals surface area contributed by atoms with Crippen molar-refractivity contribution in [3.63, 3.8) is 0 Å². The van der Waals surface area contributed by atoms with E-state index in [-0.39, 0.29) is 0 Å². The summed E-state index contributed by atoms with van der Waals surface area (Å²) in [7, 11) is 0. The number of hydrogen-bond acceptors (Lipinski definition) is 1. The Morgan fingerprint density at radius 1 is 1.16 bits per heavy atom. The highest BCUT2D eigenvalue weighted by atomic mass is 14.8. The molecule has 19 heavy (non-hydrogen) atoms. The predicted molar refractivity (Wildman–Crippen MR) is 83.7 cm³/mol. The zero-order valence-electron chi connectivity index (χ0n) is 12.6. The first-order valence-corrected chi connectivity index (χ1v) is 8.08. The third-order valence-electron chi connectivity index (χ3n) is 4.55. The van der Waals surface area contributed by atoms with Crippen LogP contribution in [0.4, 0.5) is 0 Å². The van der Waals surface area contributed by atoms with E-state index >= 15 is 0 Å². The molecule has 1 N–H and O–H groups in total. The lowest BCUT2D eigenvalue weighted by Crippen LogP contribution is -2.26. The Bertz CT molecular complexity index is 364. The van der Waals surface area contributed by atoms with Crippen LogP contribution in [0.5, 0.6) is 0 Å². The molecular formula is C18H29N. The minimum absolute atomic E-state index is 0.706. The van der Waals surface area contributed by atoms with Crippen molar-refractivity contribution in [1.29, 1.82) is 0 Å². The Morgan fingerprint density at radius 2 is 1.89 bits per heavy atom. The van der Waals surface area contributed by atoms with E-state index < -0.39 is 0 Å². The molecule has 0 radical (unpaired) electrons. The summed E-state index contributed by atoms with van der Waals surface area (Å²) in [5.41, 5.74) is 2.94. The molecule has 1 saturated carbocycles. The molecule has 0 aliphatic heterocycles. The Hall–Kier alpha value is -0.820.